The maximum atomic E-state index is 12.9. The minimum atomic E-state index is -0.264. The summed E-state index contributed by atoms with van der Waals surface area (Å²) in [5.74, 6) is 1.53. The van der Waals surface area contributed by atoms with E-state index < -0.39 is 0 Å². The Morgan fingerprint density at radius 3 is 2.61 bits per heavy atom. The number of nitrogens with zero attached hydrogens (tertiary/aromatic N) is 5. The molecule has 0 bridgehead atoms. The van der Waals surface area contributed by atoms with Gasteiger partial charge in [-0.1, -0.05) is 6.07 Å². The lowest BCUT2D eigenvalue weighted by Gasteiger charge is -2.35. The second-order valence-corrected chi connectivity index (χ2v) is 7.70. The van der Waals surface area contributed by atoms with Gasteiger partial charge in [0.25, 0.3) is 0 Å². The van der Waals surface area contributed by atoms with Gasteiger partial charge in [0.1, 0.15) is 11.9 Å². The predicted octanol–water partition coefficient (Wildman–Crippen LogP) is 2.04. The maximum absolute atomic E-state index is 12.9. The average molecular weight is 381 g/mol. The standard InChI is InChI=1S/C21H27N5O2/c1-16(27)26-11-4-6-19(26)21(28)24-12-7-17(8-13-24)20-23-10-14-25(20)15-18-5-2-3-9-22-18/h2-3,5,9-10,14,17,19H,4,6-8,11-13,15H2,1H3/t19-/m0/s1. The van der Waals surface area contributed by atoms with Crippen LogP contribution in [0.2, 0.25) is 0 Å². The second-order valence-electron chi connectivity index (χ2n) is 7.70. The van der Waals surface area contributed by atoms with Crippen LogP contribution in [-0.4, -0.2) is 61.8 Å². The van der Waals surface area contributed by atoms with E-state index in [1.165, 1.54) is 0 Å². The molecule has 1 atom stereocenters. The number of imidazole rings is 1. The lowest BCUT2D eigenvalue weighted by molar-refractivity contribution is -0.143. The minimum absolute atomic E-state index is 0.00212. The molecule has 148 valence electrons. The molecule has 0 unspecified atom stereocenters. The van der Waals surface area contributed by atoms with Crippen molar-refractivity contribution < 1.29 is 9.59 Å². The summed E-state index contributed by atoms with van der Waals surface area (Å²) in [6.07, 6.45) is 9.16. The van der Waals surface area contributed by atoms with Crippen LogP contribution in [0.3, 0.4) is 0 Å². The van der Waals surface area contributed by atoms with Gasteiger partial charge >= 0.3 is 0 Å². The Bertz CT molecular complexity index is 826. The number of pyridine rings is 1. The zero-order valence-electron chi connectivity index (χ0n) is 16.3. The van der Waals surface area contributed by atoms with E-state index in [0.29, 0.717) is 19.0 Å². The molecule has 2 aliphatic heterocycles. The van der Waals surface area contributed by atoms with E-state index in [9.17, 15) is 9.59 Å². The highest BCUT2D eigenvalue weighted by Crippen LogP contribution is 2.29. The van der Waals surface area contributed by atoms with Gasteiger partial charge in [-0.25, -0.2) is 4.98 Å². The number of piperidine rings is 1. The number of hydrogen-bond donors (Lipinski definition) is 0. The van der Waals surface area contributed by atoms with E-state index in [-0.39, 0.29) is 17.9 Å². The van der Waals surface area contributed by atoms with E-state index in [4.69, 9.17) is 0 Å². The van der Waals surface area contributed by atoms with Crippen molar-refractivity contribution in [1.82, 2.24) is 24.3 Å². The minimum Gasteiger partial charge on any atom is -0.341 e. The number of carbonyl (C=O) groups is 2. The first kappa shape index (κ1) is 18.7. The zero-order valence-corrected chi connectivity index (χ0v) is 16.3. The Kier molecular flexibility index (Phi) is 5.41. The molecule has 28 heavy (non-hydrogen) atoms. The molecule has 2 aromatic heterocycles. The van der Waals surface area contributed by atoms with Crippen molar-refractivity contribution in [2.24, 2.45) is 0 Å². The van der Waals surface area contributed by atoms with E-state index in [1.54, 1.807) is 11.8 Å². The summed E-state index contributed by atoms with van der Waals surface area (Å²) >= 11 is 0. The first-order valence-corrected chi connectivity index (χ1v) is 10.1. The van der Waals surface area contributed by atoms with Crippen molar-refractivity contribution in [3.05, 3.63) is 48.3 Å². The summed E-state index contributed by atoms with van der Waals surface area (Å²) in [5, 5.41) is 0. The van der Waals surface area contributed by atoms with Gasteiger partial charge in [0.15, 0.2) is 0 Å². The molecule has 2 aliphatic rings. The monoisotopic (exact) mass is 381 g/mol. The molecule has 7 heteroatoms. The first-order chi connectivity index (χ1) is 13.6. The van der Waals surface area contributed by atoms with Crippen molar-refractivity contribution >= 4 is 11.8 Å². The molecule has 0 radical (unpaired) electrons. The summed E-state index contributed by atoms with van der Waals surface area (Å²) in [4.78, 5) is 37.4. The lowest BCUT2D eigenvalue weighted by atomic mass is 9.95. The third-order valence-electron chi connectivity index (χ3n) is 5.92. The number of rotatable bonds is 4. The molecule has 0 spiro atoms. The van der Waals surface area contributed by atoms with Crippen LogP contribution in [0, 0.1) is 0 Å². The highest BCUT2D eigenvalue weighted by atomic mass is 16.2. The molecular weight excluding hydrogens is 354 g/mol. The second kappa shape index (κ2) is 8.12. The predicted molar refractivity (Wildman–Crippen MR) is 105 cm³/mol. The normalized spacial score (nSPS) is 20.5. The third kappa shape index (κ3) is 3.79. The highest BCUT2D eigenvalue weighted by molar-refractivity contribution is 5.87. The van der Waals surface area contributed by atoms with Crippen LogP contribution in [0.1, 0.15) is 50.0 Å². The van der Waals surface area contributed by atoms with Crippen LogP contribution >= 0.6 is 0 Å². The molecule has 4 rings (SSSR count). The summed E-state index contributed by atoms with van der Waals surface area (Å²) < 4.78 is 2.17. The SMILES string of the molecule is CC(=O)N1CCC[C@H]1C(=O)N1CCC(c2nccn2Cc2ccccn2)CC1. The molecule has 2 saturated heterocycles. The summed E-state index contributed by atoms with van der Waals surface area (Å²) in [6, 6.07) is 5.67. The van der Waals surface area contributed by atoms with E-state index >= 15 is 0 Å². The van der Waals surface area contributed by atoms with Crippen LogP contribution in [0.25, 0.3) is 0 Å². The molecule has 7 nitrogen and oxygen atoms in total. The number of carbonyl (C=O) groups excluding carboxylic acids is 2. The van der Waals surface area contributed by atoms with Crippen LogP contribution in [0.15, 0.2) is 36.8 Å². The quantitative estimate of drug-likeness (QED) is 0.813. The Morgan fingerprint density at radius 2 is 1.89 bits per heavy atom. The largest absolute Gasteiger partial charge is 0.341 e. The zero-order chi connectivity index (χ0) is 19.5. The molecule has 0 N–H and O–H groups in total. The molecule has 4 heterocycles. The van der Waals surface area contributed by atoms with Gasteiger partial charge in [-0.05, 0) is 37.8 Å². The van der Waals surface area contributed by atoms with Gasteiger partial charge in [0, 0.05) is 51.1 Å². The Labute approximate surface area is 165 Å². The maximum Gasteiger partial charge on any atom is 0.245 e. The van der Waals surface area contributed by atoms with Crippen LogP contribution < -0.4 is 0 Å². The molecule has 0 aromatic carbocycles. The number of hydrogen-bond acceptors (Lipinski definition) is 4. The van der Waals surface area contributed by atoms with Crippen LogP contribution in [-0.2, 0) is 16.1 Å². The van der Waals surface area contributed by atoms with Gasteiger partial charge in [0.2, 0.25) is 11.8 Å². The van der Waals surface area contributed by atoms with Crippen molar-refractivity contribution in [3.63, 3.8) is 0 Å². The topological polar surface area (TPSA) is 71.3 Å². The van der Waals surface area contributed by atoms with Crippen molar-refractivity contribution in [1.29, 1.82) is 0 Å². The van der Waals surface area contributed by atoms with Crippen LogP contribution in [0.5, 0.6) is 0 Å². The fraction of sp³-hybridized carbons (Fsp3) is 0.524. The smallest absolute Gasteiger partial charge is 0.245 e. The molecule has 2 aromatic rings. The number of likely N-dealkylation sites (tertiary alicyclic amines) is 2. The van der Waals surface area contributed by atoms with Crippen molar-refractivity contribution in [2.75, 3.05) is 19.6 Å². The number of amides is 2. The third-order valence-corrected chi connectivity index (χ3v) is 5.92. The number of aromatic nitrogens is 3. The Morgan fingerprint density at radius 1 is 1.07 bits per heavy atom. The molecule has 0 saturated carbocycles. The molecule has 2 fully saturated rings. The van der Waals surface area contributed by atoms with Crippen molar-refractivity contribution in [3.8, 4) is 0 Å². The summed E-state index contributed by atoms with van der Waals surface area (Å²) in [6.45, 7) is 4.42. The molecule has 0 aliphatic carbocycles. The first-order valence-electron chi connectivity index (χ1n) is 10.1. The van der Waals surface area contributed by atoms with Gasteiger partial charge in [-0.15, -0.1) is 0 Å². The van der Waals surface area contributed by atoms with Gasteiger partial charge < -0.3 is 14.4 Å². The van der Waals surface area contributed by atoms with Gasteiger partial charge in [0.05, 0.1) is 12.2 Å². The fourth-order valence-corrected chi connectivity index (χ4v) is 4.45. The average Bonchev–Trinajstić information content (AvgIpc) is 3.38. The lowest BCUT2D eigenvalue weighted by Crippen LogP contribution is -2.49. The molecular formula is C21H27N5O2. The summed E-state index contributed by atoms with van der Waals surface area (Å²) in [5.41, 5.74) is 1.01. The van der Waals surface area contributed by atoms with E-state index in [2.05, 4.69) is 14.5 Å². The van der Waals surface area contributed by atoms with E-state index in [0.717, 1.165) is 50.3 Å². The van der Waals surface area contributed by atoms with Gasteiger partial charge in [-0.3, -0.25) is 14.6 Å². The fourth-order valence-electron chi connectivity index (χ4n) is 4.45. The van der Waals surface area contributed by atoms with E-state index in [1.807, 2.05) is 41.7 Å². The Hall–Kier alpha value is -2.70. The van der Waals surface area contributed by atoms with Crippen LogP contribution in [0.4, 0.5) is 0 Å². The summed E-state index contributed by atoms with van der Waals surface area (Å²) in [7, 11) is 0. The van der Waals surface area contributed by atoms with Gasteiger partial charge in [-0.2, -0.15) is 0 Å². The molecule has 2 amide bonds. The highest BCUT2D eigenvalue weighted by Gasteiger charge is 2.36. The van der Waals surface area contributed by atoms with Crippen molar-refractivity contribution in [2.45, 2.75) is 51.1 Å². The Balaban J connectivity index is 1.38.